The third-order valence-corrected chi connectivity index (χ3v) is 9.32. The van der Waals surface area contributed by atoms with Crippen LogP contribution >= 0.6 is 0 Å². The second-order valence-electron chi connectivity index (χ2n) is 11.0. The van der Waals surface area contributed by atoms with Crippen molar-refractivity contribution >= 4 is 11.6 Å². The van der Waals surface area contributed by atoms with Crippen molar-refractivity contribution in [3.63, 3.8) is 0 Å². The predicted molar refractivity (Wildman–Crippen MR) is 119 cm³/mol. The Hall–Kier alpha value is -0.660. The van der Waals surface area contributed by atoms with Crippen molar-refractivity contribution in [2.75, 3.05) is 0 Å². The van der Waals surface area contributed by atoms with Crippen molar-refractivity contribution in [2.24, 2.45) is 35.5 Å². The van der Waals surface area contributed by atoms with Gasteiger partial charge >= 0.3 is 0 Å². The van der Waals surface area contributed by atoms with E-state index in [0.717, 1.165) is 56.8 Å². The molecular formula is C27H44O2. The lowest BCUT2D eigenvalue weighted by molar-refractivity contribution is -0.127. The maximum Gasteiger partial charge on any atom is 0.136 e. The lowest BCUT2D eigenvalue weighted by atomic mass is 9.64. The number of carbonyl (C=O) groups excluding carboxylic acids is 2. The van der Waals surface area contributed by atoms with Crippen LogP contribution in [0.5, 0.6) is 0 Å². The fraction of sp³-hybridized carbons (Fsp3) is 0.926. The van der Waals surface area contributed by atoms with E-state index in [0.29, 0.717) is 35.2 Å². The van der Waals surface area contributed by atoms with Gasteiger partial charge in [-0.25, -0.2) is 0 Å². The maximum atomic E-state index is 12.9. The average molecular weight is 401 g/mol. The molecule has 4 rings (SSSR count). The molecule has 6 atom stereocenters. The summed E-state index contributed by atoms with van der Waals surface area (Å²) >= 11 is 0. The van der Waals surface area contributed by atoms with Gasteiger partial charge in [0.15, 0.2) is 0 Å². The SMILES string of the molecule is O=C(CCCCCC(=O)C1CCCC2CCCCC21)C1CCCC2CCCCC21. The normalized spacial score (nSPS) is 37.4. The van der Waals surface area contributed by atoms with Gasteiger partial charge in [-0.3, -0.25) is 9.59 Å². The van der Waals surface area contributed by atoms with Gasteiger partial charge in [-0.2, -0.15) is 0 Å². The van der Waals surface area contributed by atoms with Crippen LogP contribution in [0.3, 0.4) is 0 Å². The zero-order chi connectivity index (χ0) is 20.1. The fourth-order valence-corrected chi connectivity index (χ4v) is 7.82. The highest BCUT2D eigenvalue weighted by atomic mass is 16.1. The van der Waals surface area contributed by atoms with Crippen LogP contribution in [0.25, 0.3) is 0 Å². The summed E-state index contributed by atoms with van der Waals surface area (Å²) in [5, 5.41) is 0. The van der Waals surface area contributed by atoms with E-state index in [1.807, 2.05) is 0 Å². The first-order valence-electron chi connectivity index (χ1n) is 13.3. The first-order valence-corrected chi connectivity index (χ1v) is 13.3. The Morgan fingerprint density at radius 2 is 0.897 bits per heavy atom. The number of carbonyl (C=O) groups is 2. The Balaban J connectivity index is 1.15. The number of ketones is 2. The summed E-state index contributed by atoms with van der Waals surface area (Å²) in [5.41, 5.74) is 0. The molecule has 0 aromatic rings. The molecule has 0 bridgehead atoms. The zero-order valence-electron chi connectivity index (χ0n) is 18.7. The summed E-state index contributed by atoms with van der Waals surface area (Å²) in [5.74, 6) is 4.99. The number of fused-ring (bicyclic) bond motifs is 2. The molecular weight excluding hydrogens is 356 g/mol. The van der Waals surface area contributed by atoms with Crippen molar-refractivity contribution in [3.05, 3.63) is 0 Å². The Morgan fingerprint density at radius 1 is 0.483 bits per heavy atom. The summed E-state index contributed by atoms with van der Waals surface area (Å²) in [6.45, 7) is 0. The lowest BCUT2D eigenvalue weighted by Crippen LogP contribution is -2.35. The number of unbranched alkanes of at least 4 members (excludes halogenated alkanes) is 2. The Bertz CT molecular complexity index is 501. The van der Waals surface area contributed by atoms with Crippen LogP contribution in [0.4, 0.5) is 0 Å². The van der Waals surface area contributed by atoms with E-state index in [-0.39, 0.29) is 0 Å². The van der Waals surface area contributed by atoms with Crippen LogP contribution in [0, 0.1) is 35.5 Å². The van der Waals surface area contributed by atoms with Crippen molar-refractivity contribution in [3.8, 4) is 0 Å². The molecule has 4 saturated carbocycles. The Labute approximate surface area is 179 Å². The smallest absolute Gasteiger partial charge is 0.136 e. The molecule has 2 nitrogen and oxygen atoms in total. The molecule has 4 fully saturated rings. The van der Waals surface area contributed by atoms with Gasteiger partial charge in [0.1, 0.15) is 11.6 Å². The van der Waals surface area contributed by atoms with Gasteiger partial charge in [0, 0.05) is 24.7 Å². The molecule has 4 aliphatic carbocycles. The molecule has 0 spiro atoms. The molecule has 0 radical (unpaired) electrons. The largest absolute Gasteiger partial charge is 0.299 e. The van der Waals surface area contributed by atoms with E-state index in [2.05, 4.69) is 0 Å². The zero-order valence-corrected chi connectivity index (χ0v) is 18.7. The first-order chi connectivity index (χ1) is 14.2. The van der Waals surface area contributed by atoms with Gasteiger partial charge in [-0.1, -0.05) is 70.6 Å². The van der Waals surface area contributed by atoms with Gasteiger partial charge in [0.25, 0.3) is 0 Å². The van der Waals surface area contributed by atoms with Crippen LogP contribution in [0.15, 0.2) is 0 Å². The van der Waals surface area contributed by atoms with E-state index in [1.165, 1.54) is 77.0 Å². The van der Waals surface area contributed by atoms with E-state index in [1.54, 1.807) is 0 Å². The Kier molecular flexibility index (Phi) is 7.87. The highest BCUT2D eigenvalue weighted by Gasteiger charge is 2.39. The second kappa shape index (κ2) is 10.6. The standard InChI is InChI=1S/C27H44O2/c28-26(24-16-8-12-20-10-4-6-14-22(20)24)18-2-1-3-19-27(29)25-17-9-13-21-11-5-7-15-23(21)25/h20-25H,1-19H2. The third-order valence-electron chi connectivity index (χ3n) is 9.32. The van der Waals surface area contributed by atoms with E-state index < -0.39 is 0 Å². The Morgan fingerprint density at radius 3 is 1.38 bits per heavy atom. The minimum Gasteiger partial charge on any atom is -0.299 e. The molecule has 4 aliphatic rings. The minimum atomic E-state index is 0.376. The molecule has 0 aromatic carbocycles. The summed E-state index contributed by atoms with van der Waals surface area (Å²) in [6.07, 6.45) is 23.1. The molecule has 0 amide bonds. The van der Waals surface area contributed by atoms with Gasteiger partial charge in [-0.15, -0.1) is 0 Å². The van der Waals surface area contributed by atoms with Gasteiger partial charge in [-0.05, 0) is 62.2 Å². The monoisotopic (exact) mass is 400 g/mol. The molecule has 0 aromatic heterocycles. The highest BCUT2D eigenvalue weighted by Crippen LogP contribution is 2.45. The van der Waals surface area contributed by atoms with E-state index >= 15 is 0 Å². The van der Waals surface area contributed by atoms with Crippen molar-refractivity contribution in [1.29, 1.82) is 0 Å². The number of rotatable bonds is 8. The number of hydrogen-bond donors (Lipinski definition) is 0. The molecule has 0 saturated heterocycles. The number of hydrogen-bond acceptors (Lipinski definition) is 2. The van der Waals surface area contributed by atoms with Crippen LogP contribution in [0.2, 0.25) is 0 Å². The van der Waals surface area contributed by atoms with E-state index in [4.69, 9.17) is 0 Å². The predicted octanol–water partition coefficient (Wildman–Crippen LogP) is 7.29. The van der Waals surface area contributed by atoms with Gasteiger partial charge in [0.05, 0.1) is 0 Å². The maximum absolute atomic E-state index is 12.9. The molecule has 0 heterocycles. The fourth-order valence-electron chi connectivity index (χ4n) is 7.82. The summed E-state index contributed by atoms with van der Waals surface area (Å²) in [7, 11) is 0. The molecule has 0 aliphatic heterocycles. The third kappa shape index (κ3) is 5.34. The summed E-state index contributed by atoms with van der Waals surface area (Å²) in [4.78, 5) is 25.8. The lowest BCUT2D eigenvalue weighted by Gasteiger charge is -2.41. The first kappa shape index (κ1) is 21.6. The van der Waals surface area contributed by atoms with Crippen LogP contribution < -0.4 is 0 Å². The summed E-state index contributed by atoms with van der Waals surface area (Å²) < 4.78 is 0. The van der Waals surface area contributed by atoms with Crippen molar-refractivity contribution in [1.82, 2.24) is 0 Å². The van der Waals surface area contributed by atoms with Crippen LogP contribution in [-0.4, -0.2) is 11.6 Å². The highest BCUT2D eigenvalue weighted by molar-refractivity contribution is 5.82. The average Bonchev–Trinajstić information content (AvgIpc) is 2.77. The van der Waals surface area contributed by atoms with Crippen molar-refractivity contribution < 1.29 is 9.59 Å². The number of Topliss-reactive ketones (excluding diaryl/α,β-unsaturated/α-hetero) is 2. The topological polar surface area (TPSA) is 34.1 Å². The van der Waals surface area contributed by atoms with Crippen LogP contribution in [-0.2, 0) is 9.59 Å². The molecule has 164 valence electrons. The molecule has 2 heteroatoms. The van der Waals surface area contributed by atoms with Crippen molar-refractivity contribution in [2.45, 2.75) is 122 Å². The van der Waals surface area contributed by atoms with Gasteiger partial charge < -0.3 is 0 Å². The second-order valence-corrected chi connectivity index (χ2v) is 11.0. The molecule has 6 unspecified atom stereocenters. The minimum absolute atomic E-state index is 0.376. The molecule has 0 N–H and O–H groups in total. The van der Waals surface area contributed by atoms with E-state index in [9.17, 15) is 9.59 Å². The van der Waals surface area contributed by atoms with Gasteiger partial charge in [0.2, 0.25) is 0 Å². The summed E-state index contributed by atoms with van der Waals surface area (Å²) in [6, 6.07) is 0. The quantitative estimate of drug-likeness (QED) is 0.401. The molecule has 29 heavy (non-hydrogen) atoms. The van der Waals surface area contributed by atoms with Crippen LogP contribution in [0.1, 0.15) is 122 Å².